The van der Waals surface area contributed by atoms with Gasteiger partial charge in [0.2, 0.25) is 0 Å². The molecule has 0 radical (unpaired) electrons. The van der Waals surface area contributed by atoms with Crippen LogP contribution in [0.4, 0.5) is 8.78 Å². The Kier molecular flexibility index (Phi) is 4.13. The van der Waals surface area contributed by atoms with E-state index < -0.39 is 11.6 Å². The Bertz CT molecular complexity index is 909. The summed E-state index contributed by atoms with van der Waals surface area (Å²) in [7, 11) is 1.64. The van der Waals surface area contributed by atoms with Crippen LogP contribution in [-0.4, -0.2) is 35.1 Å². The molecule has 1 unspecified atom stereocenters. The fourth-order valence-electron chi connectivity index (χ4n) is 3.42. The minimum Gasteiger partial charge on any atom is -0.497 e. The van der Waals surface area contributed by atoms with E-state index in [2.05, 4.69) is 14.9 Å². The molecule has 0 bridgehead atoms. The number of ether oxygens (including phenoxy) is 1. The molecule has 130 valence electrons. The highest BCUT2D eigenvalue weighted by Gasteiger charge is 2.26. The lowest BCUT2D eigenvalue weighted by Gasteiger charge is -2.15. The van der Waals surface area contributed by atoms with Crippen LogP contribution in [0.25, 0.3) is 11.0 Å². The second kappa shape index (κ2) is 6.44. The molecule has 0 aliphatic carbocycles. The normalized spacial score (nSPS) is 18.1. The largest absolute Gasteiger partial charge is 0.497 e. The molecule has 0 spiro atoms. The molecule has 1 aromatic heterocycles. The van der Waals surface area contributed by atoms with Gasteiger partial charge in [0.1, 0.15) is 11.6 Å². The average molecular weight is 343 g/mol. The molecule has 2 heterocycles. The van der Waals surface area contributed by atoms with E-state index >= 15 is 0 Å². The lowest BCUT2D eigenvalue weighted by molar-refractivity contribution is 0.325. The van der Waals surface area contributed by atoms with Crippen LogP contribution in [0.1, 0.15) is 23.7 Å². The van der Waals surface area contributed by atoms with Gasteiger partial charge in [0.15, 0.2) is 11.6 Å². The number of hydrogen-bond acceptors (Lipinski definition) is 3. The summed E-state index contributed by atoms with van der Waals surface area (Å²) in [6.45, 7) is 2.36. The predicted octanol–water partition coefficient (Wildman–Crippen LogP) is 3.84. The van der Waals surface area contributed by atoms with Crippen molar-refractivity contribution in [2.75, 3.05) is 20.2 Å². The van der Waals surface area contributed by atoms with Crippen LogP contribution in [0.2, 0.25) is 0 Å². The van der Waals surface area contributed by atoms with Crippen molar-refractivity contribution in [2.24, 2.45) is 0 Å². The van der Waals surface area contributed by atoms with Crippen molar-refractivity contribution in [3.05, 3.63) is 59.4 Å². The molecular formula is C19H19F2N3O. The van der Waals surface area contributed by atoms with Crippen molar-refractivity contribution in [1.29, 1.82) is 0 Å². The van der Waals surface area contributed by atoms with Crippen molar-refractivity contribution in [3.63, 3.8) is 0 Å². The highest BCUT2D eigenvalue weighted by atomic mass is 19.2. The highest BCUT2D eigenvalue weighted by Crippen LogP contribution is 2.29. The first-order valence-electron chi connectivity index (χ1n) is 8.32. The number of H-pyrrole nitrogens is 1. The molecule has 25 heavy (non-hydrogen) atoms. The molecule has 1 N–H and O–H groups in total. The molecule has 1 aliphatic heterocycles. The average Bonchev–Trinajstić information content (AvgIpc) is 3.23. The van der Waals surface area contributed by atoms with Gasteiger partial charge in [-0.15, -0.1) is 0 Å². The van der Waals surface area contributed by atoms with E-state index in [-0.39, 0.29) is 0 Å². The van der Waals surface area contributed by atoms with Crippen LogP contribution in [0, 0.1) is 11.6 Å². The van der Waals surface area contributed by atoms with Crippen molar-refractivity contribution < 1.29 is 13.5 Å². The van der Waals surface area contributed by atoms with E-state index in [4.69, 9.17) is 4.74 Å². The van der Waals surface area contributed by atoms with Crippen molar-refractivity contribution in [2.45, 2.75) is 18.9 Å². The Morgan fingerprint density at radius 3 is 2.88 bits per heavy atom. The van der Waals surface area contributed by atoms with Gasteiger partial charge in [-0.2, -0.15) is 0 Å². The van der Waals surface area contributed by atoms with Crippen molar-refractivity contribution in [1.82, 2.24) is 14.9 Å². The second-order valence-corrected chi connectivity index (χ2v) is 6.47. The van der Waals surface area contributed by atoms with Crippen LogP contribution >= 0.6 is 0 Å². The molecule has 6 heteroatoms. The Morgan fingerprint density at radius 2 is 2.08 bits per heavy atom. The smallest absolute Gasteiger partial charge is 0.159 e. The molecular weight excluding hydrogens is 324 g/mol. The zero-order valence-corrected chi connectivity index (χ0v) is 13.9. The van der Waals surface area contributed by atoms with E-state index in [1.807, 2.05) is 18.2 Å². The number of nitrogens with zero attached hydrogens (tertiary/aromatic N) is 2. The molecule has 1 fully saturated rings. The maximum atomic E-state index is 13.4. The lowest BCUT2D eigenvalue weighted by atomic mass is 10.1. The van der Waals surface area contributed by atoms with Gasteiger partial charge in [-0.25, -0.2) is 13.8 Å². The summed E-state index contributed by atoms with van der Waals surface area (Å²) in [6, 6.07) is 9.89. The molecule has 1 atom stereocenters. The molecule has 4 rings (SSSR count). The maximum absolute atomic E-state index is 13.4. The summed E-state index contributed by atoms with van der Waals surface area (Å²) in [5.74, 6) is 0.481. The summed E-state index contributed by atoms with van der Waals surface area (Å²) in [5, 5.41) is 0. The number of nitrogens with one attached hydrogen (secondary N) is 1. The van der Waals surface area contributed by atoms with E-state index in [1.54, 1.807) is 13.2 Å². The standard InChI is InChI=1S/C19H19F2N3O/c1-25-14-3-5-17-18(9-14)23-19(22-17)13-6-7-24(11-13)10-12-2-4-15(20)16(21)8-12/h2-5,8-9,13H,6-7,10-11H2,1H3,(H,22,23). The second-order valence-electron chi connectivity index (χ2n) is 6.47. The number of rotatable bonds is 4. The maximum Gasteiger partial charge on any atom is 0.159 e. The number of hydrogen-bond donors (Lipinski definition) is 1. The van der Waals surface area contributed by atoms with Crippen molar-refractivity contribution >= 4 is 11.0 Å². The van der Waals surface area contributed by atoms with Gasteiger partial charge in [-0.1, -0.05) is 6.07 Å². The molecule has 0 amide bonds. The Labute approximate surface area is 144 Å². The predicted molar refractivity (Wildman–Crippen MR) is 91.6 cm³/mol. The van der Waals surface area contributed by atoms with Gasteiger partial charge in [0, 0.05) is 25.1 Å². The summed E-state index contributed by atoms with van der Waals surface area (Å²) >= 11 is 0. The van der Waals surface area contributed by atoms with Crippen LogP contribution in [0.5, 0.6) is 5.75 Å². The van der Waals surface area contributed by atoms with E-state index in [0.717, 1.165) is 47.7 Å². The quantitative estimate of drug-likeness (QED) is 0.782. The van der Waals surface area contributed by atoms with Crippen molar-refractivity contribution in [3.8, 4) is 5.75 Å². The summed E-state index contributed by atoms with van der Waals surface area (Å²) in [5.41, 5.74) is 2.68. The Morgan fingerprint density at radius 1 is 1.20 bits per heavy atom. The van der Waals surface area contributed by atoms with Gasteiger partial charge in [-0.3, -0.25) is 4.90 Å². The van der Waals surface area contributed by atoms with Crippen LogP contribution in [-0.2, 0) is 6.54 Å². The number of aromatic amines is 1. The fraction of sp³-hybridized carbons (Fsp3) is 0.316. The van der Waals surface area contributed by atoms with Gasteiger partial charge in [0.05, 0.1) is 18.1 Å². The monoisotopic (exact) mass is 343 g/mol. The number of aromatic nitrogens is 2. The van der Waals surface area contributed by atoms with Crippen LogP contribution in [0.3, 0.4) is 0 Å². The van der Waals surface area contributed by atoms with E-state index in [0.29, 0.717) is 12.5 Å². The van der Waals surface area contributed by atoms with E-state index in [9.17, 15) is 8.78 Å². The third-order valence-corrected chi connectivity index (χ3v) is 4.76. The first kappa shape index (κ1) is 16.0. The zero-order chi connectivity index (χ0) is 17.4. The lowest BCUT2D eigenvalue weighted by Crippen LogP contribution is -2.20. The molecule has 4 nitrogen and oxygen atoms in total. The SMILES string of the molecule is COc1ccc2nc(C3CCN(Cc4ccc(F)c(F)c4)C3)[nH]c2c1. The number of halogens is 2. The number of likely N-dealkylation sites (tertiary alicyclic amines) is 1. The highest BCUT2D eigenvalue weighted by molar-refractivity contribution is 5.76. The third kappa shape index (κ3) is 3.22. The summed E-state index contributed by atoms with van der Waals surface area (Å²) < 4.78 is 31.6. The minimum atomic E-state index is -0.805. The van der Waals surface area contributed by atoms with Gasteiger partial charge < -0.3 is 9.72 Å². The molecule has 2 aromatic carbocycles. The Balaban J connectivity index is 1.47. The summed E-state index contributed by atoms with van der Waals surface area (Å²) in [4.78, 5) is 10.3. The fourth-order valence-corrected chi connectivity index (χ4v) is 3.42. The molecule has 0 saturated carbocycles. The Hall–Kier alpha value is -2.47. The number of fused-ring (bicyclic) bond motifs is 1. The number of methoxy groups -OCH3 is 1. The number of imidazole rings is 1. The van der Waals surface area contributed by atoms with Crippen LogP contribution in [0.15, 0.2) is 36.4 Å². The third-order valence-electron chi connectivity index (χ3n) is 4.76. The topological polar surface area (TPSA) is 41.1 Å². The van der Waals surface area contributed by atoms with E-state index in [1.165, 1.54) is 12.1 Å². The molecule has 3 aromatic rings. The first-order valence-corrected chi connectivity index (χ1v) is 8.32. The van der Waals surface area contributed by atoms with Crippen LogP contribution < -0.4 is 4.74 Å². The first-order chi connectivity index (χ1) is 12.1. The zero-order valence-electron chi connectivity index (χ0n) is 13.9. The minimum absolute atomic E-state index is 0.309. The van der Waals surface area contributed by atoms with Gasteiger partial charge >= 0.3 is 0 Å². The van der Waals surface area contributed by atoms with Gasteiger partial charge in [-0.05, 0) is 42.8 Å². The summed E-state index contributed by atoms with van der Waals surface area (Å²) in [6.07, 6.45) is 0.987. The molecule has 1 saturated heterocycles. The molecule has 1 aliphatic rings. The van der Waals surface area contributed by atoms with Gasteiger partial charge in [0.25, 0.3) is 0 Å². The number of benzene rings is 2.